The second kappa shape index (κ2) is 4.76. The van der Waals surface area contributed by atoms with E-state index in [9.17, 15) is 9.41 Å². The van der Waals surface area contributed by atoms with Gasteiger partial charge >= 0.3 is 7.12 Å². The van der Waals surface area contributed by atoms with E-state index >= 15 is 0 Å². The topological polar surface area (TPSA) is 42.4 Å². The predicted octanol–water partition coefficient (Wildman–Crippen LogP) is 0.987. The summed E-state index contributed by atoms with van der Waals surface area (Å²) >= 11 is 0. The van der Waals surface area contributed by atoms with E-state index < -0.39 is 13.1 Å². The van der Waals surface area contributed by atoms with Gasteiger partial charge in [-0.05, 0) is 17.6 Å². The molecule has 0 aliphatic rings. The first-order valence-corrected chi connectivity index (χ1v) is 4.77. The van der Waals surface area contributed by atoms with Crippen molar-refractivity contribution in [2.24, 2.45) is 0 Å². The summed E-state index contributed by atoms with van der Waals surface area (Å²) in [4.78, 5) is 3.42. The molecule has 1 heterocycles. The van der Waals surface area contributed by atoms with E-state index in [1.54, 1.807) is 24.3 Å². The van der Waals surface area contributed by atoms with Gasteiger partial charge in [0.25, 0.3) is 5.95 Å². The average molecular weight is 217 g/mol. The van der Waals surface area contributed by atoms with Crippen LogP contribution in [-0.4, -0.2) is 17.1 Å². The summed E-state index contributed by atoms with van der Waals surface area (Å²) < 4.78 is 18.2. The number of hydrogen-bond acceptors (Lipinski definition) is 3. The first kappa shape index (κ1) is 10.6. The molecule has 2 rings (SSSR count). The minimum atomic E-state index is -1.19. The summed E-state index contributed by atoms with van der Waals surface area (Å²) in [6.07, 6.45) is 1.32. The Morgan fingerprint density at radius 3 is 2.56 bits per heavy atom. The van der Waals surface area contributed by atoms with Crippen LogP contribution in [-0.2, 0) is 0 Å². The maximum absolute atomic E-state index is 13.1. The second-order valence-corrected chi connectivity index (χ2v) is 3.17. The highest BCUT2D eigenvalue weighted by Crippen LogP contribution is 2.13. The lowest BCUT2D eigenvalue weighted by Gasteiger charge is -2.09. The van der Waals surface area contributed by atoms with Crippen molar-refractivity contribution in [1.82, 2.24) is 4.98 Å². The maximum atomic E-state index is 13.1. The van der Waals surface area contributed by atoms with Gasteiger partial charge in [0.2, 0.25) is 0 Å². The molecule has 0 fully saturated rings. The van der Waals surface area contributed by atoms with Crippen molar-refractivity contribution in [1.29, 1.82) is 0 Å². The van der Waals surface area contributed by atoms with Gasteiger partial charge in [-0.25, -0.2) is 4.98 Å². The van der Waals surface area contributed by atoms with E-state index in [1.165, 1.54) is 18.3 Å². The van der Waals surface area contributed by atoms with Crippen LogP contribution in [0.5, 0.6) is 5.75 Å². The van der Waals surface area contributed by atoms with Crippen molar-refractivity contribution < 1.29 is 14.1 Å². The van der Waals surface area contributed by atoms with E-state index in [2.05, 4.69) is 4.98 Å². The fraction of sp³-hybridized carbons (Fsp3) is 0. The molecule has 0 saturated carbocycles. The van der Waals surface area contributed by atoms with Gasteiger partial charge in [0.1, 0.15) is 0 Å². The molecule has 16 heavy (non-hydrogen) atoms. The number of nitrogens with zero attached hydrogens (tertiary/aromatic N) is 1. The van der Waals surface area contributed by atoms with Crippen LogP contribution in [0.25, 0.3) is 0 Å². The molecule has 5 heteroatoms. The van der Waals surface area contributed by atoms with Gasteiger partial charge in [-0.1, -0.05) is 30.3 Å². The molecule has 1 aromatic heterocycles. The largest absolute Gasteiger partial charge is 0.560 e. The van der Waals surface area contributed by atoms with Crippen LogP contribution in [0.1, 0.15) is 0 Å². The van der Waals surface area contributed by atoms with Gasteiger partial charge in [0.05, 0.1) is 0 Å². The molecule has 3 nitrogen and oxygen atoms in total. The zero-order valence-electron chi connectivity index (χ0n) is 8.38. The quantitative estimate of drug-likeness (QED) is 0.615. The van der Waals surface area contributed by atoms with Crippen LogP contribution in [0.3, 0.4) is 0 Å². The maximum Gasteiger partial charge on any atom is 0.560 e. The third-order valence-corrected chi connectivity index (χ3v) is 2.05. The standard InChI is InChI=1S/C11H9BFNO2/c13-11-10(7-4-8-14-11)16-12(15)9-5-2-1-3-6-9/h1-8,15H. The third-order valence-electron chi connectivity index (χ3n) is 2.05. The number of halogens is 1. The highest BCUT2D eigenvalue weighted by atomic mass is 19.1. The van der Waals surface area contributed by atoms with Crippen molar-refractivity contribution in [3.05, 3.63) is 54.6 Å². The fourth-order valence-corrected chi connectivity index (χ4v) is 1.27. The lowest BCUT2D eigenvalue weighted by atomic mass is 9.79. The highest BCUT2D eigenvalue weighted by molar-refractivity contribution is 6.60. The zero-order valence-corrected chi connectivity index (χ0v) is 8.38. The Kier molecular flexibility index (Phi) is 3.17. The summed E-state index contributed by atoms with van der Waals surface area (Å²) in [7, 11) is -1.19. The van der Waals surface area contributed by atoms with E-state index in [1.807, 2.05) is 6.07 Å². The van der Waals surface area contributed by atoms with Gasteiger partial charge in [-0.3, -0.25) is 0 Å². The SMILES string of the molecule is OB(Oc1cccnc1F)c1ccccc1. The number of rotatable bonds is 3. The van der Waals surface area contributed by atoms with Crippen LogP contribution < -0.4 is 10.1 Å². The molecule has 0 atom stereocenters. The molecular weight excluding hydrogens is 208 g/mol. The lowest BCUT2D eigenvalue weighted by Crippen LogP contribution is -2.36. The molecule has 0 aliphatic heterocycles. The number of pyridine rings is 1. The molecule has 0 unspecified atom stereocenters. The van der Waals surface area contributed by atoms with Crippen LogP contribution in [0.4, 0.5) is 4.39 Å². The third kappa shape index (κ3) is 2.38. The summed E-state index contributed by atoms with van der Waals surface area (Å²) in [5.41, 5.74) is 0.561. The van der Waals surface area contributed by atoms with Crippen LogP contribution in [0, 0.1) is 5.95 Å². The molecule has 0 aliphatic carbocycles. The van der Waals surface area contributed by atoms with Crippen molar-refractivity contribution in [2.75, 3.05) is 0 Å². The molecular formula is C11H9BFNO2. The number of aromatic nitrogens is 1. The van der Waals surface area contributed by atoms with Crippen molar-refractivity contribution in [3.8, 4) is 5.75 Å². The summed E-state index contributed by atoms with van der Waals surface area (Å²) in [6, 6.07) is 11.7. The van der Waals surface area contributed by atoms with Crippen molar-refractivity contribution in [3.63, 3.8) is 0 Å². The highest BCUT2D eigenvalue weighted by Gasteiger charge is 2.19. The Morgan fingerprint density at radius 2 is 1.88 bits per heavy atom. The minimum Gasteiger partial charge on any atom is -0.529 e. The molecule has 1 aromatic carbocycles. The summed E-state index contributed by atoms with van der Waals surface area (Å²) in [6.45, 7) is 0. The smallest absolute Gasteiger partial charge is 0.529 e. The molecule has 1 N–H and O–H groups in total. The monoisotopic (exact) mass is 217 g/mol. The lowest BCUT2D eigenvalue weighted by molar-refractivity contribution is 0.406. The van der Waals surface area contributed by atoms with Crippen molar-refractivity contribution >= 4 is 12.6 Å². The van der Waals surface area contributed by atoms with Gasteiger partial charge < -0.3 is 9.68 Å². The normalized spacial score (nSPS) is 9.88. The van der Waals surface area contributed by atoms with E-state index in [-0.39, 0.29) is 5.75 Å². The molecule has 80 valence electrons. The molecule has 0 amide bonds. The zero-order chi connectivity index (χ0) is 11.4. The molecule has 0 bridgehead atoms. The molecule has 0 spiro atoms. The van der Waals surface area contributed by atoms with Crippen molar-refractivity contribution in [2.45, 2.75) is 0 Å². The van der Waals surface area contributed by atoms with Crippen LogP contribution in [0.15, 0.2) is 48.7 Å². The predicted molar refractivity (Wildman–Crippen MR) is 58.9 cm³/mol. The minimum absolute atomic E-state index is 0.0705. The molecule has 0 saturated heterocycles. The first-order valence-electron chi connectivity index (χ1n) is 4.77. The molecule has 2 aromatic rings. The van der Waals surface area contributed by atoms with Gasteiger partial charge in [-0.15, -0.1) is 0 Å². The Bertz CT molecular complexity index is 467. The first-order chi connectivity index (χ1) is 7.77. The van der Waals surface area contributed by atoms with E-state index in [4.69, 9.17) is 4.65 Å². The average Bonchev–Trinajstić information content (AvgIpc) is 2.33. The van der Waals surface area contributed by atoms with Gasteiger partial charge in [0.15, 0.2) is 5.75 Å². The number of benzene rings is 1. The summed E-state index contributed by atoms with van der Waals surface area (Å²) in [5, 5.41) is 9.68. The van der Waals surface area contributed by atoms with Crippen LogP contribution >= 0.6 is 0 Å². The van der Waals surface area contributed by atoms with Gasteiger partial charge in [-0.2, -0.15) is 4.39 Å². The van der Waals surface area contributed by atoms with Crippen LogP contribution in [0.2, 0.25) is 0 Å². The Hall–Kier alpha value is -1.88. The van der Waals surface area contributed by atoms with E-state index in [0.29, 0.717) is 5.46 Å². The summed E-state index contributed by atoms with van der Waals surface area (Å²) in [5.74, 6) is -0.809. The van der Waals surface area contributed by atoms with E-state index in [0.717, 1.165) is 0 Å². The fourth-order valence-electron chi connectivity index (χ4n) is 1.27. The molecule has 0 radical (unpaired) electrons. The Balaban J connectivity index is 2.14. The van der Waals surface area contributed by atoms with Gasteiger partial charge in [0, 0.05) is 6.20 Å². The Morgan fingerprint density at radius 1 is 1.12 bits per heavy atom. The Labute approximate surface area is 92.7 Å². The second-order valence-electron chi connectivity index (χ2n) is 3.17. The number of hydrogen-bond donors (Lipinski definition) is 1.